The molecule has 2 aromatic carbocycles. The molecule has 1 saturated heterocycles. The smallest absolute Gasteiger partial charge is 0.407 e. The first-order valence-electron chi connectivity index (χ1n) is 24.6. The van der Waals surface area contributed by atoms with Crippen LogP contribution in [0.2, 0.25) is 0 Å². The molecule has 4 amide bonds. The number of amides is 4. The molecule has 0 saturated carbocycles. The van der Waals surface area contributed by atoms with E-state index in [1.807, 2.05) is 44.2 Å². The van der Waals surface area contributed by atoms with E-state index in [1.54, 1.807) is 10.8 Å². The Labute approximate surface area is 424 Å². The number of rotatable bonds is 36. The number of nitrogens with zero attached hydrogens (tertiary/aromatic N) is 4. The largest absolute Gasteiger partial charge is 0.450 e. The molecule has 0 bridgehead atoms. The number of aliphatic hydroxyl groups excluding tert-OH is 1. The fraction of sp³-hybridized carbons (Fsp3) is 0.588. The van der Waals surface area contributed by atoms with E-state index in [2.05, 4.69) is 10.6 Å². The van der Waals surface area contributed by atoms with E-state index in [9.17, 15) is 28.7 Å². The number of alkyl halides is 1. The van der Waals surface area contributed by atoms with E-state index in [4.69, 9.17) is 42.9 Å². The van der Waals surface area contributed by atoms with Gasteiger partial charge in [0.25, 0.3) is 17.7 Å². The van der Waals surface area contributed by atoms with Crippen LogP contribution in [0.5, 0.6) is 0 Å². The molecule has 4 unspecified atom stereocenters. The van der Waals surface area contributed by atoms with Crippen molar-refractivity contribution in [3.8, 4) is 11.3 Å². The number of hydrogen-bond acceptors (Lipinski definition) is 15. The van der Waals surface area contributed by atoms with Gasteiger partial charge in [-0.1, -0.05) is 44.2 Å². The minimum Gasteiger partial charge on any atom is -0.450 e. The molecule has 0 aliphatic carbocycles. The van der Waals surface area contributed by atoms with Gasteiger partial charge in [-0.05, 0) is 42.5 Å². The number of benzene rings is 2. The number of nitrogens with one attached hydrogen (secondary N) is 2. The van der Waals surface area contributed by atoms with Crippen LogP contribution >= 0.6 is 0 Å². The minimum atomic E-state index is -1.47. The Hall–Kier alpha value is -5.30. The van der Waals surface area contributed by atoms with E-state index >= 15 is 8.78 Å². The highest BCUT2D eigenvalue weighted by Gasteiger charge is 2.44. The molecule has 5 rings (SSSR count). The van der Waals surface area contributed by atoms with E-state index in [0.29, 0.717) is 79.2 Å². The predicted molar refractivity (Wildman–Crippen MR) is 260 cm³/mol. The first-order chi connectivity index (χ1) is 35.2. The molecule has 19 nitrogen and oxygen atoms in total. The molecule has 404 valence electrons. The van der Waals surface area contributed by atoms with E-state index in [-0.39, 0.29) is 94.5 Å². The minimum absolute atomic E-state index is 0.0850. The quantitative estimate of drug-likeness (QED) is 0.0558. The maximum Gasteiger partial charge on any atom is 0.407 e. The summed E-state index contributed by atoms with van der Waals surface area (Å²) in [6, 6.07) is 11.5. The van der Waals surface area contributed by atoms with E-state index < -0.39 is 53.3 Å². The molecular formula is C51H71F3N6O13. The SMILES string of the molecule is CC(O)C(=O)N(CC1CNCC1F)C(c1nc(-c2cc(F)ccc2F)cn1Cc1ccccc1)C(C)(C)CCOC(=O)NCCOCCOCCOCCOCCOCCOCCOCCN1C(=O)C=CC1=O. The summed E-state index contributed by atoms with van der Waals surface area (Å²) in [5.74, 6) is -3.03. The van der Waals surface area contributed by atoms with Gasteiger partial charge in [0.05, 0.1) is 117 Å². The number of aliphatic hydroxyl groups is 1. The molecule has 2 aliphatic heterocycles. The van der Waals surface area contributed by atoms with Crippen molar-refractivity contribution >= 4 is 23.8 Å². The van der Waals surface area contributed by atoms with Crippen molar-refractivity contribution in [2.24, 2.45) is 11.3 Å². The number of imidazole rings is 1. The number of carbonyl (C=O) groups excluding carboxylic acids is 4. The summed E-state index contributed by atoms with van der Waals surface area (Å²) in [5, 5.41) is 16.4. The number of aromatic nitrogens is 2. The van der Waals surface area contributed by atoms with E-state index in [1.165, 1.54) is 24.0 Å². The summed E-state index contributed by atoms with van der Waals surface area (Å²) in [7, 11) is 0. The van der Waals surface area contributed by atoms with Crippen LogP contribution in [0.15, 0.2) is 66.9 Å². The number of halogens is 3. The highest BCUT2D eigenvalue weighted by Crippen LogP contribution is 2.43. The van der Waals surface area contributed by atoms with Crippen molar-refractivity contribution in [2.75, 3.05) is 132 Å². The number of imide groups is 1. The molecule has 1 fully saturated rings. The average molecular weight is 1030 g/mol. The lowest BCUT2D eigenvalue weighted by Crippen LogP contribution is -2.50. The highest BCUT2D eigenvalue weighted by atomic mass is 19.1. The van der Waals surface area contributed by atoms with Gasteiger partial charge in [0, 0.05) is 62.6 Å². The van der Waals surface area contributed by atoms with Gasteiger partial charge in [0.2, 0.25) is 0 Å². The lowest BCUT2D eigenvalue weighted by molar-refractivity contribution is -0.146. The summed E-state index contributed by atoms with van der Waals surface area (Å²) in [5.41, 5.74) is -0.0993. The fourth-order valence-electron chi connectivity index (χ4n) is 8.03. The van der Waals surface area contributed by atoms with Crippen molar-refractivity contribution < 1.29 is 75.4 Å². The van der Waals surface area contributed by atoms with Gasteiger partial charge in [-0.2, -0.15) is 0 Å². The monoisotopic (exact) mass is 1030 g/mol. The topological polar surface area (TPSA) is 211 Å². The fourth-order valence-corrected chi connectivity index (χ4v) is 8.03. The van der Waals surface area contributed by atoms with E-state index in [0.717, 1.165) is 28.7 Å². The van der Waals surface area contributed by atoms with Gasteiger partial charge >= 0.3 is 6.09 Å². The molecule has 3 N–H and O–H groups in total. The van der Waals surface area contributed by atoms with Gasteiger partial charge in [-0.25, -0.2) is 22.9 Å². The van der Waals surface area contributed by atoms with Crippen LogP contribution in [0.4, 0.5) is 18.0 Å². The number of hydrogen-bond donors (Lipinski definition) is 3. The standard InChI is InChI=1S/C51H71F3N6O13/c1-37(61)49(64)60(35-39-32-55-33-43(39)54)47(48-57-44(41-31-40(52)9-10-42(41)53)36-58(48)34-38-7-5-4-6-8-38)51(2,3)13-16-73-50(65)56-14-17-66-19-21-68-23-25-70-27-29-72-30-28-71-26-24-69-22-20-67-18-15-59-45(62)11-12-46(59)63/h4-12,31,36-37,39,43,47,55,61H,13-30,32-35H2,1-3H3,(H,56,65). The van der Waals surface area contributed by atoms with Gasteiger partial charge < -0.3 is 63.1 Å². The van der Waals surface area contributed by atoms with Gasteiger partial charge in [-0.15, -0.1) is 0 Å². The molecule has 3 heterocycles. The lowest BCUT2D eigenvalue weighted by Gasteiger charge is -2.43. The first-order valence-corrected chi connectivity index (χ1v) is 24.6. The lowest BCUT2D eigenvalue weighted by atomic mass is 9.79. The number of carbonyl (C=O) groups is 4. The maximum atomic E-state index is 15.3. The molecule has 22 heteroatoms. The summed E-state index contributed by atoms with van der Waals surface area (Å²) in [6.07, 6.45) is 0.801. The predicted octanol–water partition coefficient (Wildman–Crippen LogP) is 3.87. The van der Waals surface area contributed by atoms with Crippen LogP contribution in [-0.2, 0) is 58.8 Å². The van der Waals surface area contributed by atoms with Crippen LogP contribution < -0.4 is 10.6 Å². The van der Waals surface area contributed by atoms with Crippen molar-refractivity contribution in [1.82, 2.24) is 30.0 Å². The Balaban J connectivity index is 0.976. The van der Waals surface area contributed by atoms with Crippen molar-refractivity contribution in [2.45, 2.75) is 52.1 Å². The van der Waals surface area contributed by atoms with Crippen LogP contribution in [0.1, 0.15) is 44.6 Å². The third-order valence-electron chi connectivity index (χ3n) is 11.9. The zero-order valence-electron chi connectivity index (χ0n) is 42.0. The Kier molecular flexibility index (Phi) is 25.2. The van der Waals surface area contributed by atoms with Gasteiger partial charge in [0.1, 0.15) is 29.7 Å². The second-order valence-electron chi connectivity index (χ2n) is 18.0. The van der Waals surface area contributed by atoms with Gasteiger partial charge in [-0.3, -0.25) is 19.3 Å². The summed E-state index contributed by atoms with van der Waals surface area (Å²) in [4.78, 5) is 57.2. The third kappa shape index (κ3) is 19.8. The van der Waals surface area contributed by atoms with Crippen molar-refractivity contribution in [3.63, 3.8) is 0 Å². The Morgan fingerprint density at radius 3 is 1.92 bits per heavy atom. The zero-order chi connectivity index (χ0) is 52.4. The van der Waals surface area contributed by atoms with Crippen molar-refractivity contribution in [1.29, 1.82) is 0 Å². The normalized spacial score (nSPS) is 16.6. The molecule has 0 radical (unpaired) electrons. The summed E-state index contributed by atoms with van der Waals surface area (Å²) >= 11 is 0. The van der Waals surface area contributed by atoms with Gasteiger partial charge in [0.15, 0.2) is 0 Å². The second kappa shape index (κ2) is 31.4. The first kappa shape index (κ1) is 58.6. The highest BCUT2D eigenvalue weighted by molar-refractivity contribution is 6.12. The molecule has 4 atom stereocenters. The zero-order valence-corrected chi connectivity index (χ0v) is 42.0. The third-order valence-corrected chi connectivity index (χ3v) is 11.9. The molecule has 2 aliphatic rings. The number of alkyl carbamates (subject to hydrolysis) is 1. The molecule has 1 aromatic heterocycles. The average Bonchev–Trinajstić information content (AvgIpc) is 4.07. The van der Waals surface area contributed by atoms with Crippen LogP contribution in [0.25, 0.3) is 11.3 Å². The van der Waals surface area contributed by atoms with Crippen LogP contribution in [0.3, 0.4) is 0 Å². The summed E-state index contributed by atoms with van der Waals surface area (Å²) < 4.78 is 90.8. The Morgan fingerprint density at radius 1 is 0.808 bits per heavy atom. The molecule has 0 spiro atoms. The Bertz CT molecular complexity index is 2170. The Morgan fingerprint density at radius 2 is 1.37 bits per heavy atom. The van der Waals surface area contributed by atoms with Crippen LogP contribution in [-0.4, -0.2) is 192 Å². The number of ether oxygens (including phenoxy) is 8. The maximum absolute atomic E-state index is 15.3. The molecular weight excluding hydrogens is 962 g/mol. The molecule has 73 heavy (non-hydrogen) atoms. The summed E-state index contributed by atoms with van der Waals surface area (Å²) in [6.45, 7) is 10.7. The molecule has 3 aromatic rings. The van der Waals surface area contributed by atoms with Crippen LogP contribution in [0, 0.1) is 23.0 Å². The van der Waals surface area contributed by atoms with Crippen molar-refractivity contribution in [3.05, 3.63) is 89.9 Å². The second-order valence-corrected chi connectivity index (χ2v) is 18.0.